The summed E-state index contributed by atoms with van der Waals surface area (Å²) >= 11 is 0. The number of hydrogen-bond acceptors (Lipinski definition) is 5. The molecule has 16 heavy (non-hydrogen) atoms. The topological polar surface area (TPSA) is 149 Å². The number of aliphatic hydroxyl groups is 1. The van der Waals surface area contributed by atoms with Crippen LogP contribution in [0, 0.1) is 0 Å². The van der Waals surface area contributed by atoms with Gasteiger partial charge in [-0.25, -0.2) is 4.79 Å². The van der Waals surface area contributed by atoms with Crippen LogP contribution in [0.5, 0.6) is 0 Å². The summed E-state index contributed by atoms with van der Waals surface area (Å²) in [6.45, 7) is 0. The molecule has 0 saturated carbocycles. The summed E-state index contributed by atoms with van der Waals surface area (Å²) in [5, 5.41) is 22.0. The van der Waals surface area contributed by atoms with Crippen molar-refractivity contribution in [2.75, 3.05) is 0 Å². The SMILES string of the molecule is O=C(O)C(O)C(C(=O)O)S(=O)(=O)O.[H-].[H-].[H-].[Na+].[Na+].[Na+]. The van der Waals surface area contributed by atoms with Crippen LogP contribution in [0.15, 0.2) is 0 Å². The average Bonchev–Trinajstić information content (AvgIpc) is 1.82. The Kier molecular flexibility index (Phi) is 17.7. The second-order valence-corrected chi connectivity index (χ2v) is 3.59. The predicted molar refractivity (Wildman–Crippen MR) is 40.0 cm³/mol. The van der Waals surface area contributed by atoms with E-state index in [-0.39, 0.29) is 93.0 Å². The molecule has 0 heterocycles. The third kappa shape index (κ3) is 8.84. The molecule has 0 aromatic carbocycles. The average molecular weight is 286 g/mol. The van der Waals surface area contributed by atoms with Gasteiger partial charge in [0.1, 0.15) is 0 Å². The Hall–Kier alpha value is 1.81. The molecule has 8 nitrogen and oxygen atoms in total. The third-order valence-corrected chi connectivity index (χ3v) is 2.21. The first-order valence-electron chi connectivity index (χ1n) is 2.78. The normalized spacial score (nSPS) is 13.1. The van der Waals surface area contributed by atoms with Crippen molar-refractivity contribution in [3.8, 4) is 0 Å². The maximum Gasteiger partial charge on any atom is 1.00 e. The second kappa shape index (κ2) is 10.7. The van der Waals surface area contributed by atoms with E-state index in [0.717, 1.165) is 0 Å². The summed E-state index contributed by atoms with van der Waals surface area (Å²) in [6.07, 6.45) is -2.70. The number of carbonyl (C=O) groups is 2. The molecule has 0 aromatic heterocycles. The summed E-state index contributed by atoms with van der Waals surface area (Å²) in [4.78, 5) is 20.1. The number of aliphatic hydroxyl groups excluding tert-OH is 1. The Morgan fingerprint density at radius 2 is 1.31 bits per heavy atom. The molecule has 12 heteroatoms. The molecule has 0 radical (unpaired) electrons. The largest absolute Gasteiger partial charge is 1.00 e. The molecule has 0 saturated heterocycles. The van der Waals surface area contributed by atoms with Crippen LogP contribution >= 0.6 is 0 Å². The van der Waals surface area contributed by atoms with Crippen LogP contribution in [0.25, 0.3) is 0 Å². The van der Waals surface area contributed by atoms with E-state index in [4.69, 9.17) is 19.9 Å². The van der Waals surface area contributed by atoms with Crippen molar-refractivity contribution in [1.29, 1.82) is 0 Å². The van der Waals surface area contributed by atoms with Gasteiger partial charge < -0.3 is 19.6 Å². The van der Waals surface area contributed by atoms with Crippen LogP contribution < -0.4 is 88.7 Å². The fourth-order valence-corrected chi connectivity index (χ4v) is 1.25. The second-order valence-electron chi connectivity index (χ2n) is 2.06. The first-order valence-corrected chi connectivity index (χ1v) is 4.28. The van der Waals surface area contributed by atoms with E-state index in [0.29, 0.717) is 0 Å². The van der Waals surface area contributed by atoms with Crippen LogP contribution in [0.4, 0.5) is 0 Å². The van der Waals surface area contributed by atoms with Crippen molar-refractivity contribution >= 4 is 22.1 Å². The maximum absolute atomic E-state index is 10.3. The molecule has 0 aliphatic rings. The number of hydrogen-bond donors (Lipinski definition) is 4. The van der Waals surface area contributed by atoms with E-state index in [1.807, 2.05) is 0 Å². The molecule has 2 atom stereocenters. The van der Waals surface area contributed by atoms with Crippen LogP contribution in [0.2, 0.25) is 0 Å². The van der Waals surface area contributed by atoms with E-state index in [1.54, 1.807) is 0 Å². The number of rotatable bonds is 4. The van der Waals surface area contributed by atoms with Gasteiger partial charge >= 0.3 is 101 Å². The summed E-state index contributed by atoms with van der Waals surface area (Å²) in [7, 11) is -5.14. The smallest absolute Gasteiger partial charge is 1.00 e. The van der Waals surface area contributed by atoms with Crippen molar-refractivity contribution in [2.45, 2.75) is 11.4 Å². The molecule has 0 aromatic rings. The van der Waals surface area contributed by atoms with E-state index in [1.165, 1.54) is 0 Å². The van der Waals surface area contributed by atoms with E-state index in [9.17, 15) is 18.0 Å². The van der Waals surface area contributed by atoms with Crippen molar-refractivity contribution in [3.05, 3.63) is 0 Å². The van der Waals surface area contributed by atoms with Gasteiger partial charge in [-0.3, -0.25) is 9.35 Å². The number of aliphatic carboxylic acids is 2. The van der Waals surface area contributed by atoms with Gasteiger partial charge in [-0.2, -0.15) is 8.42 Å². The zero-order valence-electron chi connectivity index (χ0n) is 12.0. The Labute approximate surface area is 162 Å². The molecule has 0 rings (SSSR count). The standard InChI is InChI=1S/C4H6O8S.3Na.3H/c5-1(3(6)7)2(4(8)9)13(10,11)12;;;;;;/h1-2,5H,(H,6,7)(H,8,9)(H,10,11,12);;;;;;/q;3*+1;3*-1. The molecule has 0 amide bonds. The molecule has 0 aliphatic heterocycles. The number of carboxylic acids is 2. The van der Waals surface area contributed by atoms with Gasteiger partial charge in [0, 0.05) is 0 Å². The molecule has 0 fully saturated rings. The summed E-state index contributed by atoms with van der Waals surface area (Å²) in [6, 6.07) is 0. The van der Waals surface area contributed by atoms with E-state index >= 15 is 0 Å². The quantitative estimate of drug-likeness (QED) is 0.294. The minimum Gasteiger partial charge on any atom is -1.00 e. The monoisotopic (exact) mass is 286 g/mol. The third-order valence-electron chi connectivity index (χ3n) is 1.10. The Balaban J connectivity index is -0.0000000480. The Morgan fingerprint density at radius 1 is 1.00 bits per heavy atom. The van der Waals surface area contributed by atoms with Gasteiger partial charge in [0.25, 0.3) is 10.1 Å². The van der Waals surface area contributed by atoms with Crippen LogP contribution in [0.3, 0.4) is 0 Å². The zero-order valence-corrected chi connectivity index (χ0v) is 15.8. The van der Waals surface area contributed by atoms with Crippen LogP contribution in [0.1, 0.15) is 4.28 Å². The van der Waals surface area contributed by atoms with Crippen molar-refractivity contribution in [2.24, 2.45) is 0 Å². The zero-order chi connectivity index (χ0) is 10.8. The van der Waals surface area contributed by atoms with Gasteiger partial charge in [0.2, 0.25) is 5.25 Å². The van der Waals surface area contributed by atoms with E-state index in [2.05, 4.69) is 0 Å². The maximum atomic E-state index is 10.3. The summed E-state index contributed by atoms with van der Waals surface area (Å²) < 4.78 is 28.8. The van der Waals surface area contributed by atoms with Crippen molar-refractivity contribution < 1.29 is 131 Å². The molecule has 0 aliphatic carbocycles. The first kappa shape index (κ1) is 26.4. The molecule has 0 bridgehead atoms. The summed E-state index contributed by atoms with van der Waals surface area (Å²) in [5.41, 5.74) is 0. The molecule has 0 spiro atoms. The first-order chi connectivity index (χ1) is 5.68. The fraction of sp³-hybridized carbons (Fsp3) is 0.500. The van der Waals surface area contributed by atoms with Crippen molar-refractivity contribution in [1.82, 2.24) is 0 Å². The van der Waals surface area contributed by atoms with E-state index < -0.39 is 33.4 Å². The Bertz CT molecular complexity index is 338. The van der Waals surface area contributed by atoms with Gasteiger partial charge in [0.15, 0.2) is 6.10 Å². The van der Waals surface area contributed by atoms with Gasteiger partial charge in [0.05, 0.1) is 0 Å². The van der Waals surface area contributed by atoms with Crippen LogP contribution in [-0.4, -0.2) is 51.6 Å². The van der Waals surface area contributed by atoms with Crippen molar-refractivity contribution in [3.63, 3.8) is 0 Å². The minimum absolute atomic E-state index is 0. The van der Waals surface area contributed by atoms with Gasteiger partial charge in [-0.15, -0.1) is 0 Å². The predicted octanol–water partition coefficient (Wildman–Crippen LogP) is -10.9. The molecule has 2 unspecified atom stereocenters. The minimum atomic E-state index is -5.14. The Morgan fingerprint density at radius 3 is 1.38 bits per heavy atom. The number of carboxylic acid groups (broad SMARTS) is 2. The van der Waals surface area contributed by atoms with Gasteiger partial charge in [-0.1, -0.05) is 0 Å². The van der Waals surface area contributed by atoms with Crippen LogP contribution in [-0.2, 0) is 19.7 Å². The van der Waals surface area contributed by atoms with Gasteiger partial charge in [-0.05, 0) is 0 Å². The summed E-state index contributed by atoms with van der Waals surface area (Å²) in [5.74, 6) is -4.19. The molecule has 4 N–H and O–H groups in total. The molecule has 82 valence electrons. The fourth-order valence-electron chi connectivity index (χ4n) is 0.555. The molecular weight excluding hydrogens is 277 g/mol. The molecular formula is C4H9Na3O8S.